The zero-order valence-electron chi connectivity index (χ0n) is 42.8. The number of hydrogen-bond acceptors (Lipinski definition) is 17. The van der Waals surface area contributed by atoms with Crippen LogP contribution in [0.4, 0.5) is 16.4 Å². The third kappa shape index (κ3) is 21.5. The molecule has 0 spiro atoms. The summed E-state index contributed by atoms with van der Waals surface area (Å²) in [7, 11) is -7.08. The molecule has 0 radical (unpaired) electrons. The highest BCUT2D eigenvalue weighted by Gasteiger charge is 2.36. The van der Waals surface area contributed by atoms with E-state index in [9.17, 15) is 50.5 Å². The minimum atomic E-state index is -4.43. The fourth-order valence-electron chi connectivity index (χ4n) is 7.76. The lowest BCUT2D eigenvalue weighted by atomic mass is 9.93. The van der Waals surface area contributed by atoms with Crippen molar-refractivity contribution in [1.29, 1.82) is 0 Å². The van der Waals surface area contributed by atoms with Crippen molar-refractivity contribution in [1.82, 2.24) is 30.6 Å². The molecular formula is C48H72N8O16S2. The first kappa shape index (κ1) is 60.7. The first-order valence-electron chi connectivity index (χ1n) is 24.3. The normalized spacial score (nSPS) is 14.7. The number of aryl methyl sites for hydroxylation is 2. The number of ketones is 1. The highest BCUT2D eigenvalue weighted by atomic mass is 32.2. The van der Waals surface area contributed by atoms with Crippen LogP contribution in [0.5, 0.6) is 5.75 Å². The van der Waals surface area contributed by atoms with Crippen LogP contribution in [-0.2, 0) is 60.0 Å². The Labute approximate surface area is 432 Å². The number of fused-ring (bicyclic) bond motifs is 1. The van der Waals surface area contributed by atoms with E-state index >= 15 is 0 Å². The van der Waals surface area contributed by atoms with Crippen molar-refractivity contribution in [2.24, 2.45) is 0 Å². The Bertz CT molecular complexity index is 2530. The van der Waals surface area contributed by atoms with Crippen LogP contribution in [0.1, 0.15) is 92.8 Å². The number of rotatable bonds is 33. The van der Waals surface area contributed by atoms with E-state index in [2.05, 4.69) is 36.0 Å². The number of alkyl carbamates (subject to hydrolysis) is 1. The Morgan fingerprint density at radius 3 is 2.18 bits per heavy atom. The summed E-state index contributed by atoms with van der Waals surface area (Å²) in [5, 5.41) is 20.9. The fourth-order valence-corrected chi connectivity index (χ4v) is 10.2. The van der Waals surface area contributed by atoms with Gasteiger partial charge in [-0.2, -0.15) is 13.1 Å². The van der Waals surface area contributed by atoms with Crippen LogP contribution in [0.25, 0.3) is 0 Å². The molecule has 24 nitrogen and oxygen atoms in total. The van der Waals surface area contributed by atoms with E-state index in [1.165, 1.54) is 12.1 Å². The van der Waals surface area contributed by atoms with Crippen LogP contribution in [0, 0.1) is 13.8 Å². The van der Waals surface area contributed by atoms with Crippen molar-refractivity contribution < 1.29 is 74.2 Å². The van der Waals surface area contributed by atoms with Crippen LogP contribution in [-0.4, -0.2) is 162 Å². The van der Waals surface area contributed by atoms with Gasteiger partial charge in [0.2, 0.25) is 21.8 Å². The Morgan fingerprint density at radius 1 is 0.892 bits per heavy atom. The predicted molar refractivity (Wildman–Crippen MR) is 272 cm³/mol. The van der Waals surface area contributed by atoms with Crippen molar-refractivity contribution in [3.05, 3.63) is 65.0 Å². The van der Waals surface area contributed by atoms with Gasteiger partial charge in [-0.3, -0.25) is 23.7 Å². The SMILES string of the molecule is Cc1cc(OCCCC(=O)NCCCOCCOCCOCCCCC(CS(=O)(=O)O)NC(=O)OC(C)(C)C)cc(C)c1S(=O)(=O)NC(CNC(=O)C1CC(=O)c2ccc(CNc3ncc[nH]3)cc2N1C)C(=O)O. The number of likely N-dealkylation sites (N-methyl/N-ethyl adjacent to an activating group) is 1. The van der Waals surface area contributed by atoms with E-state index in [-0.39, 0.29) is 47.2 Å². The van der Waals surface area contributed by atoms with Gasteiger partial charge in [0.25, 0.3) is 10.1 Å². The van der Waals surface area contributed by atoms with Gasteiger partial charge in [0, 0.05) is 82.4 Å². The average molecular weight is 1080 g/mol. The van der Waals surface area contributed by atoms with Gasteiger partial charge in [-0.25, -0.2) is 18.2 Å². The number of carboxylic acid groups (broad SMARTS) is 1. The monoisotopic (exact) mass is 1080 g/mol. The molecule has 0 aliphatic carbocycles. The molecule has 3 amide bonds. The van der Waals surface area contributed by atoms with E-state index < -0.39 is 74.1 Å². The lowest BCUT2D eigenvalue weighted by Crippen LogP contribution is -2.54. The number of imidazole rings is 1. The molecule has 0 saturated carbocycles. The number of H-pyrrole nitrogens is 1. The average Bonchev–Trinajstić information content (AvgIpc) is 3.83. The number of benzene rings is 2. The molecular weight excluding hydrogens is 1010 g/mol. The first-order valence-corrected chi connectivity index (χ1v) is 27.4. The Morgan fingerprint density at radius 2 is 1.55 bits per heavy atom. The summed E-state index contributed by atoms with van der Waals surface area (Å²) in [6.45, 7) is 10.7. The van der Waals surface area contributed by atoms with Crippen molar-refractivity contribution in [3.8, 4) is 5.75 Å². The van der Waals surface area contributed by atoms with Gasteiger partial charge in [-0.05, 0) is 108 Å². The van der Waals surface area contributed by atoms with E-state index in [1.54, 1.807) is 77.2 Å². The number of carbonyl (C=O) groups excluding carboxylic acids is 4. The molecule has 26 heteroatoms. The van der Waals surface area contributed by atoms with Crippen molar-refractivity contribution in [3.63, 3.8) is 0 Å². The largest absolute Gasteiger partial charge is 0.494 e. The number of sulfonamides is 1. The minimum absolute atomic E-state index is 0.150. The number of ether oxygens (including phenoxy) is 5. The Balaban J connectivity index is 1.07. The second-order valence-corrected chi connectivity index (χ2v) is 21.8. The van der Waals surface area contributed by atoms with E-state index in [1.807, 2.05) is 0 Å². The predicted octanol–water partition coefficient (Wildman–Crippen LogP) is 3.24. The number of unbranched alkanes of at least 4 members (excludes halogenated alkanes) is 1. The quantitative estimate of drug-likeness (QED) is 0.0321. The topological polar surface area (TPSA) is 332 Å². The molecule has 3 aromatic rings. The Kier molecular flexibility index (Phi) is 24.0. The van der Waals surface area contributed by atoms with Crippen molar-refractivity contribution >= 4 is 61.4 Å². The van der Waals surface area contributed by atoms with Crippen LogP contribution in [0.15, 0.2) is 47.6 Å². The summed E-state index contributed by atoms with van der Waals surface area (Å²) < 4.78 is 89.0. The maximum Gasteiger partial charge on any atom is 0.407 e. The van der Waals surface area contributed by atoms with Crippen LogP contribution in [0.2, 0.25) is 0 Å². The Hall–Kier alpha value is -5.90. The molecule has 3 unspecified atom stereocenters. The molecule has 4 rings (SSSR count). The van der Waals surface area contributed by atoms with Crippen LogP contribution < -0.4 is 35.6 Å². The van der Waals surface area contributed by atoms with Gasteiger partial charge in [0.1, 0.15) is 23.4 Å². The molecule has 2 heterocycles. The van der Waals surface area contributed by atoms with Gasteiger partial charge in [0.15, 0.2) is 11.7 Å². The number of Topliss-reactive ketones (excluding diaryl/α,β-unsaturated/α-hetero) is 1. The number of carbonyl (C=O) groups is 5. The number of amides is 3. The van der Waals surface area contributed by atoms with Gasteiger partial charge < -0.3 is 59.9 Å². The third-order valence-electron chi connectivity index (χ3n) is 11.2. The zero-order chi connectivity index (χ0) is 54.5. The number of aliphatic carboxylic acids is 1. The number of nitrogens with one attached hydrogen (secondary N) is 6. The fraction of sp³-hybridized carbons (Fsp3) is 0.583. The molecule has 74 heavy (non-hydrogen) atoms. The third-order valence-corrected chi connectivity index (χ3v) is 13.8. The van der Waals surface area contributed by atoms with Gasteiger partial charge in [-0.1, -0.05) is 6.07 Å². The molecule has 3 atom stereocenters. The summed E-state index contributed by atoms with van der Waals surface area (Å²) in [6, 6.07) is 4.75. The van der Waals surface area contributed by atoms with Gasteiger partial charge >= 0.3 is 12.1 Å². The van der Waals surface area contributed by atoms with Crippen LogP contribution in [0.3, 0.4) is 0 Å². The van der Waals surface area contributed by atoms with E-state index in [0.29, 0.717) is 108 Å². The number of nitrogens with zero attached hydrogens (tertiary/aromatic N) is 2. The molecule has 1 aromatic heterocycles. The maximum absolute atomic E-state index is 13.6. The molecule has 0 saturated heterocycles. The summed E-state index contributed by atoms with van der Waals surface area (Å²) in [6.07, 6.45) is 4.94. The first-order chi connectivity index (χ1) is 34.9. The van der Waals surface area contributed by atoms with Crippen molar-refractivity contribution in [2.75, 3.05) is 82.4 Å². The molecule has 8 N–H and O–H groups in total. The lowest BCUT2D eigenvalue weighted by Gasteiger charge is -2.34. The standard InChI is InChI=1S/C48H72N8O16S2/c1-32-25-36(71-20-9-12-42(58)49-15-10-19-69-22-24-70-23-21-68-18-8-7-11-35(31-73(63,64)65)54-47(62)72-48(3,4)5)26-33(2)43(32)74(66,67)55-38(45(60)61)30-52-44(59)40-28-41(57)37-14-13-34(27-39(37)56(40)6)29-53-46-50-16-17-51-46/h13-14,16-17,25-27,35,38,40,55H,7-12,15,18-24,28-31H2,1-6H3,(H,49,58)(H,52,59)(H,54,62)(H,60,61)(H2,50,51,53)(H,63,64,65). The molecule has 0 bridgehead atoms. The zero-order valence-corrected chi connectivity index (χ0v) is 44.5. The van der Waals surface area contributed by atoms with Gasteiger partial charge in [-0.15, -0.1) is 0 Å². The summed E-state index contributed by atoms with van der Waals surface area (Å²) in [5.74, 6) is -2.31. The van der Waals surface area contributed by atoms with Crippen LogP contribution >= 0.6 is 0 Å². The summed E-state index contributed by atoms with van der Waals surface area (Å²) in [4.78, 5) is 71.8. The highest BCUT2D eigenvalue weighted by molar-refractivity contribution is 7.89. The number of carboxylic acids is 1. The number of hydrogen-bond donors (Lipinski definition) is 8. The second kappa shape index (κ2) is 29.3. The maximum atomic E-state index is 13.6. The molecule has 412 valence electrons. The van der Waals surface area contributed by atoms with Gasteiger partial charge in [0.05, 0.1) is 43.7 Å². The second-order valence-electron chi connectivity index (χ2n) is 18.6. The molecule has 2 aromatic carbocycles. The smallest absolute Gasteiger partial charge is 0.407 e. The highest BCUT2D eigenvalue weighted by Crippen LogP contribution is 2.31. The van der Waals surface area contributed by atoms with E-state index in [0.717, 1.165) is 5.56 Å². The minimum Gasteiger partial charge on any atom is -0.494 e. The lowest BCUT2D eigenvalue weighted by molar-refractivity contribution is -0.139. The summed E-state index contributed by atoms with van der Waals surface area (Å²) in [5.41, 5.74) is 1.59. The molecule has 1 aliphatic heterocycles. The molecule has 1 aliphatic rings. The number of anilines is 2. The van der Waals surface area contributed by atoms with E-state index in [4.69, 9.17) is 23.7 Å². The number of aromatic nitrogens is 2. The van der Waals surface area contributed by atoms with Crippen molar-refractivity contribution in [2.45, 2.75) is 115 Å². The summed E-state index contributed by atoms with van der Waals surface area (Å²) >= 11 is 0. The number of aromatic amines is 1. The molecule has 0 fully saturated rings.